The fourth-order valence-corrected chi connectivity index (χ4v) is 9.41. The van der Waals surface area contributed by atoms with Crippen LogP contribution in [0.3, 0.4) is 0 Å². The van der Waals surface area contributed by atoms with E-state index in [-0.39, 0.29) is 42.2 Å². The Labute approximate surface area is 248 Å². The summed E-state index contributed by atoms with van der Waals surface area (Å²) in [6.45, 7) is 16.2. The third kappa shape index (κ3) is 7.60. The van der Waals surface area contributed by atoms with E-state index in [4.69, 9.17) is 28.1 Å². The normalized spacial score (nSPS) is 36.6. The summed E-state index contributed by atoms with van der Waals surface area (Å²) < 4.78 is 38.3. The number of alkyl halides is 1. The standard InChI is InChI=1S/C27H43IO8SeSi/c1-15-20(31-7)22(36-38(8,9)27(4,5)6)19(28)26(33-15)35-23-21(34-17(3)29)16(2)32-25(30)24(23)37-18-13-11-10-12-14-18/h10-16,19-26,30H,1-9H3/t15-,16-,19+,20+,21+,22-,23+,24-,25+,26-/m1/s1. The molecule has 2 aliphatic heterocycles. The van der Waals surface area contributed by atoms with Gasteiger partial charge < -0.3 is 0 Å². The third-order valence-electron chi connectivity index (χ3n) is 7.57. The Kier molecular flexibility index (Phi) is 11.3. The molecule has 1 aromatic carbocycles. The third-order valence-corrected chi connectivity index (χ3v) is 16.1. The van der Waals surface area contributed by atoms with Gasteiger partial charge >= 0.3 is 249 Å². The molecule has 0 amide bonds. The molecule has 0 saturated carbocycles. The minimum atomic E-state index is -2.15. The van der Waals surface area contributed by atoms with Gasteiger partial charge in [0, 0.05) is 0 Å². The van der Waals surface area contributed by atoms with Crippen LogP contribution in [0.2, 0.25) is 22.9 Å². The number of hydrogen-bond acceptors (Lipinski definition) is 8. The van der Waals surface area contributed by atoms with Crippen molar-refractivity contribution in [2.45, 2.75) is 118 Å². The van der Waals surface area contributed by atoms with Crippen LogP contribution in [0.15, 0.2) is 30.3 Å². The minimum absolute atomic E-state index is 0.0174. The number of hydrogen-bond donors (Lipinski definition) is 1. The van der Waals surface area contributed by atoms with Gasteiger partial charge in [-0.1, -0.05) is 0 Å². The molecular weight excluding hydrogens is 686 g/mol. The number of methoxy groups -OCH3 is 1. The molecule has 1 N–H and O–H groups in total. The van der Waals surface area contributed by atoms with Gasteiger partial charge in [0.05, 0.1) is 0 Å². The van der Waals surface area contributed by atoms with Crippen molar-refractivity contribution in [2.75, 3.05) is 7.11 Å². The summed E-state index contributed by atoms with van der Waals surface area (Å²) in [6, 6.07) is 9.94. The van der Waals surface area contributed by atoms with Crippen LogP contribution in [0.5, 0.6) is 0 Å². The van der Waals surface area contributed by atoms with Crippen molar-refractivity contribution in [3.05, 3.63) is 30.3 Å². The van der Waals surface area contributed by atoms with Crippen molar-refractivity contribution in [2.24, 2.45) is 0 Å². The molecule has 11 heteroatoms. The maximum absolute atomic E-state index is 12.1. The SMILES string of the molecule is CO[C@@H]1[C@H](O[Si](C)(C)C(C)(C)C)[C@H](I)[C@@H](O[C@H]2[C@@H](OC(C)=O)[C@@H](C)O[C@H](O)[C@@H]2[Se]c2ccccc2)O[C@@H]1C. The summed E-state index contributed by atoms with van der Waals surface area (Å²) in [5.74, 6) is -0.427. The Bertz CT molecular complexity index is 916. The van der Waals surface area contributed by atoms with Gasteiger partial charge in [-0.05, 0) is 0 Å². The van der Waals surface area contributed by atoms with Gasteiger partial charge in [0.1, 0.15) is 0 Å². The van der Waals surface area contributed by atoms with E-state index in [0.29, 0.717) is 0 Å². The second-order valence-corrected chi connectivity index (χ2v) is 20.3. The number of aliphatic hydroxyl groups is 1. The summed E-state index contributed by atoms with van der Waals surface area (Å²) in [5.41, 5.74) is 0. The molecule has 0 aliphatic carbocycles. The molecule has 0 aromatic heterocycles. The zero-order valence-corrected chi connectivity index (χ0v) is 28.6. The molecule has 10 atom stereocenters. The molecule has 2 heterocycles. The molecule has 2 saturated heterocycles. The first-order valence-electron chi connectivity index (χ1n) is 13.0. The van der Waals surface area contributed by atoms with Crippen LogP contribution in [0.25, 0.3) is 0 Å². The zero-order valence-electron chi connectivity index (χ0n) is 23.8. The number of halogens is 1. The number of aliphatic hydroxyl groups excluding tert-OH is 1. The molecule has 0 bridgehead atoms. The second-order valence-electron chi connectivity index (χ2n) is 11.5. The fourth-order valence-electron chi connectivity index (χ4n) is 4.49. The number of esters is 1. The Morgan fingerprint density at radius 2 is 1.63 bits per heavy atom. The van der Waals surface area contributed by atoms with E-state index in [9.17, 15) is 9.90 Å². The molecule has 2 fully saturated rings. The van der Waals surface area contributed by atoms with E-state index in [1.165, 1.54) is 6.92 Å². The van der Waals surface area contributed by atoms with E-state index in [2.05, 4.69) is 56.5 Å². The summed E-state index contributed by atoms with van der Waals surface area (Å²) in [5, 5.41) is 11.1. The molecule has 3 rings (SSSR count). The molecular formula is C27H43IO8SeSi. The Hall–Kier alpha value is -0.0836. The first-order chi connectivity index (χ1) is 17.7. The zero-order chi connectivity index (χ0) is 28.4. The van der Waals surface area contributed by atoms with Crippen molar-refractivity contribution in [3.8, 4) is 0 Å². The van der Waals surface area contributed by atoms with E-state index in [1.54, 1.807) is 14.0 Å². The van der Waals surface area contributed by atoms with Crippen molar-refractivity contribution >= 4 is 56.3 Å². The quantitative estimate of drug-likeness (QED) is 0.187. The van der Waals surface area contributed by atoms with Crippen molar-refractivity contribution in [3.63, 3.8) is 0 Å². The van der Waals surface area contributed by atoms with Gasteiger partial charge in [-0.3, -0.25) is 0 Å². The number of ether oxygens (including phenoxy) is 5. The van der Waals surface area contributed by atoms with Gasteiger partial charge in [0.15, 0.2) is 0 Å². The Morgan fingerprint density at radius 1 is 1.03 bits per heavy atom. The van der Waals surface area contributed by atoms with Gasteiger partial charge in [0.2, 0.25) is 0 Å². The predicted octanol–water partition coefficient (Wildman–Crippen LogP) is 3.81. The first kappa shape index (κ1) is 32.4. The average Bonchev–Trinajstić information content (AvgIpc) is 2.81. The van der Waals surface area contributed by atoms with Crippen LogP contribution in [-0.2, 0) is 32.9 Å². The topological polar surface area (TPSA) is 92.7 Å². The molecule has 0 radical (unpaired) electrons. The summed E-state index contributed by atoms with van der Waals surface area (Å²) in [6.07, 6.45) is -4.45. The van der Waals surface area contributed by atoms with E-state index in [0.717, 1.165) is 4.46 Å². The van der Waals surface area contributed by atoms with Gasteiger partial charge in [-0.25, -0.2) is 0 Å². The van der Waals surface area contributed by atoms with Crippen molar-refractivity contribution < 1.29 is 38.0 Å². The van der Waals surface area contributed by atoms with Crippen molar-refractivity contribution in [1.29, 1.82) is 0 Å². The van der Waals surface area contributed by atoms with E-state index in [1.807, 2.05) is 37.3 Å². The van der Waals surface area contributed by atoms with Gasteiger partial charge in [-0.15, -0.1) is 0 Å². The number of carbonyl (C=O) groups is 1. The van der Waals surface area contributed by atoms with E-state index >= 15 is 0 Å². The molecule has 1 aromatic rings. The van der Waals surface area contributed by atoms with Crippen LogP contribution in [0.1, 0.15) is 41.5 Å². The van der Waals surface area contributed by atoms with E-state index < -0.39 is 50.0 Å². The Morgan fingerprint density at radius 3 is 2.18 bits per heavy atom. The van der Waals surface area contributed by atoms with Crippen LogP contribution >= 0.6 is 22.6 Å². The monoisotopic (exact) mass is 730 g/mol. The maximum atomic E-state index is 12.1. The summed E-state index contributed by atoms with van der Waals surface area (Å²) in [4.78, 5) is 11.7. The van der Waals surface area contributed by atoms with Crippen LogP contribution < -0.4 is 4.46 Å². The Balaban J connectivity index is 1.93. The molecule has 0 spiro atoms. The number of benzene rings is 1. The summed E-state index contributed by atoms with van der Waals surface area (Å²) in [7, 11) is -0.464. The fraction of sp³-hybridized carbons (Fsp3) is 0.741. The van der Waals surface area contributed by atoms with Crippen LogP contribution in [-0.4, -0.2) is 94.6 Å². The molecule has 8 nitrogen and oxygen atoms in total. The van der Waals surface area contributed by atoms with Crippen molar-refractivity contribution in [1.82, 2.24) is 0 Å². The first-order valence-corrected chi connectivity index (χ1v) is 19.0. The van der Waals surface area contributed by atoms with Gasteiger partial charge in [0.25, 0.3) is 0 Å². The number of carbonyl (C=O) groups excluding carboxylic acids is 1. The molecule has 0 unspecified atom stereocenters. The molecule has 216 valence electrons. The molecule has 2 aliphatic rings. The summed E-state index contributed by atoms with van der Waals surface area (Å²) >= 11 is 2.11. The van der Waals surface area contributed by atoms with Gasteiger partial charge in [-0.2, -0.15) is 0 Å². The predicted molar refractivity (Wildman–Crippen MR) is 158 cm³/mol. The second kappa shape index (κ2) is 13.3. The molecule has 38 heavy (non-hydrogen) atoms. The van der Waals surface area contributed by atoms with Crippen LogP contribution in [0, 0.1) is 0 Å². The van der Waals surface area contributed by atoms with Crippen LogP contribution in [0.4, 0.5) is 0 Å². The average molecular weight is 730 g/mol. The number of rotatable bonds is 8.